The lowest BCUT2D eigenvalue weighted by Crippen LogP contribution is -2.60. The second-order valence-corrected chi connectivity index (χ2v) is 12.2. The minimum Gasteiger partial charge on any atom is -0.340 e. The number of amides is 3. The molecule has 1 aromatic rings. The SMILES string of the molecule is CC(C)CC(NC(=O)c1ccc(C(C)(C)C)cc1)C(=O)N1CCC2C1C(=O)CN2C(=O)C1(N)CCC1. The van der Waals surface area contributed by atoms with Crippen LogP contribution in [0.2, 0.25) is 0 Å². The van der Waals surface area contributed by atoms with Gasteiger partial charge in [0, 0.05) is 12.1 Å². The Morgan fingerprint density at radius 1 is 1.11 bits per heavy atom. The van der Waals surface area contributed by atoms with Gasteiger partial charge in [-0.3, -0.25) is 19.2 Å². The van der Waals surface area contributed by atoms with Gasteiger partial charge in [0.05, 0.1) is 18.1 Å². The Bertz CT molecular complexity index is 1040. The van der Waals surface area contributed by atoms with E-state index in [0.717, 1.165) is 12.0 Å². The number of hydrogen-bond donors (Lipinski definition) is 2. The molecule has 8 heteroatoms. The summed E-state index contributed by atoms with van der Waals surface area (Å²) in [7, 11) is 0. The maximum atomic E-state index is 13.7. The lowest BCUT2D eigenvalue weighted by atomic mass is 9.76. The quantitative estimate of drug-likeness (QED) is 0.628. The Morgan fingerprint density at radius 2 is 1.75 bits per heavy atom. The van der Waals surface area contributed by atoms with Crippen molar-refractivity contribution < 1.29 is 19.2 Å². The molecule has 0 radical (unpaired) electrons. The Hall–Kier alpha value is -2.74. The van der Waals surface area contributed by atoms with Crippen LogP contribution in [0.15, 0.2) is 24.3 Å². The second-order valence-electron chi connectivity index (χ2n) is 12.2. The van der Waals surface area contributed by atoms with E-state index in [1.807, 2.05) is 26.0 Å². The van der Waals surface area contributed by atoms with E-state index in [1.54, 1.807) is 21.9 Å². The molecule has 0 spiro atoms. The number of hydrogen-bond acceptors (Lipinski definition) is 5. The van der Waals surface area contributed by atoms with Crippen LogP contribution >= 0.6 is 0 Å². The van der Waals surface area contributed by atoms with Crippen LogP contribution in [0.25, 0.3) is 0 Å². The number of ketones is 1. The van der Waals surface area contributed by atoms with E-state index in [9.17, 15) is 19.2 Å². The molecule has 3 aliphatic rings. The Morgan fingerprint density at radius 3 is 2.28 bits per heavy atom. The van der Waals surface area contributed by atoms with Crippen molar-refractivity contribution in [2.45, 2.75) is 95.8 Å². The number of rotatable bonds is 6. The van der Waals surface area contributed by atoms with Crippen LogP contribution in [0.4, 0.5) is 0 Å². The molecule has 8 nitrogen and oxygen atoms in total. The minimum atomic E-state index is -0.872. The third kappa shape index (κ3) is 4.92. The van der Waals surface area contributed by atoms with Crippen LogP contribution in [0.1, 0.15) is 82.6 Å². The van der Waals surface area contributed by atoms with Crippen LogP contribution in [-0.4, -0.2) is 70.1 Å². The third-order valence-corrected chi connectivity index (χ3v) is 7.96. The lowest BCUT2D eigenvalue weighted by Gasteiger charge is -2.40. The summed E-state index contributed by atoms with van der Waals surface area (Å²) < 4.78 is 0. The Kier molecular flexibility index (Phi) is 7.03. The Labute approximate surface area is 213 Å². The highest BCUT2D eigenvalue weighted by Gasteiger charge is 2.55. The highest BCUT2D eigenvalue weighted by Crippen LogP contribution is 2.37. The molecule has 0 bridgehead atoms. The van der Waals surface area contributed by atoms with Gasteiger partial charge in [-0.25, -0.2) is 0 Å². The first-order valence-corrected chi connectivity index (χ1v) is 13.2. The van der Waals surface area contributed by atoms with Crippen molar-refractivity contribution in [3.8, 4) is 0 Å². The molecule has 1 aliphatic carbocycles. The van der Waals surface area contributed by atoms with Gasteiger partial charge in [-0.1, -0.05) is 46.8 Å². The van der Waals surface area contributed by atoms with Crippen molar-refractivity contribution in [3.63, 3.8) is 0 Å². The molecule has 2 aliphatic heterocycles. The highest BCUT2D eigenvalue weighted by molar-refractivity contribution is 6.01. The zero-order chi connectivity index (χ0) is 26.4. The first-order valence-electron chi connectivity index (χ1n) is 13.2. The number of nitrogens with two attached hydrogens (primary N) is 1. The van der Waals surface area contributed by atoms with Gasteiger partial charge >= 0.3 is 0 Å². The van der Waals surface area contributed by atoms with E-state index in [4.69, 9.17) is 5.73 Å². The van der Waals surface area contributed by atoms with Crippen molar-refractivity contribution >= 4 is 23.5 Å². The van der Waals surface area contributed by atoms with Gasteiger partial charge in [-0.15, -0.1) is 0 Å². The smallest absolute Gasteiger partial charge is 0.251 e. The fourth-order valence-corrected chi connectivity index (χ4v) is 5.65. The number of likely N-dealkylation sites (tertiary alicyclic amines) is 2. The summed E-state index contributed by atoms with van der Waals surface area (Å²) in [4.78, 5) is 56.0. The van der Waals surface area contributed by atoms with E-state index in [0.29, 0.717) is 37.8 Å². The zero-order valence-electron chi connectivity index (χ0n) is 22.2. The second kappa shape index (κ2) is 9.61. The van der Waals surface area contributed by atoms with Gasteiger partial charge in [-0.2, -0.15) is 0 Å². The summed E-state index contributed by atoms with van der Waals surface area (Å²) in [5.74, 6) is -0.711. The molecule has 3 fully saturated rings. The monoisotopic (exact) mass is 496 g/mol. The Balaban J connectivity index is 1.48. The van der Waals surface area contributed by atoms with Crippen LogP contribution in [0.3, 0.4) is 0 Å². The molecule has 4 rings (SSSR count). The first kappa shape index (κ1) is 26.3. The molecular weight excluding hydrogens is 456 g/mol. The molecular formula is C28H40N4O4. The van der Waals surface area contributed by atoms with Crippen molar-refractivity contribution in [1.82, 2.24) is 15.1 Å². The molecule has 3 N–H and O–H groups in total. The third-order valence-electron chi connectivity index (χ3n) is 7.96. The number of carbonyl (C=O) groups is 4. The molecule has 1 saturated carbocycles. The molecule has 3 amide bonds. The molecule has 0 aromatic heterocycles. The normalized spacial score (nSPS) is 23.9. The summed E-state index contributed by atoms with van der Waals surface area (Å²) in [6, 6.07) is 5.70. The summed E-state index contributed by atoms with van der Waals surface area (Å²) in [5, 5.41) is 2.93. The number of nitrogens with one attached hydrogen (secondary N) is 1. The van der Waals surface area contributed by atoms with Crippen molar-refractivity contribution in [2.24, 2.45) is 11.7 Å². The van der Waals surface area contributed by atoms with E-state index >= 15 is 0 Å². The molecule has 196 valence electrons. The van der Waals surface area contributed by atoms with Gasteiger partial charge in [0.25, 0.3) is 5.91 Å². The highest BCUT2D eigenvalue weighted by atomic mass is 16.2. The van der Waals surface area contributed by atoms with Crippen molar-refractivity contribution in [1.29, 1.82) is 0 Å². The molecule has 3 atom stereocenters. The predicted molar refractivity (Wildman–Crippen MR) is 137 cm³/mol. The molecule has 2 heterocycles. The van der Waals surface area contributed by atoms with Crippen LogP contribution in [-0.2, 0) is 19.8 Å². The predicted octanol–water partition coefficient (Wildman–Crippen LogP) is 2.39. The minimum absolute atomic E-state index is 0.00176. The fourth-order valence-electron chi connectivity index (χ4n) is 5.65. The average molecular weight is 497 g/mol. The maximum Gasteiger partial charge on any atom is 0.251 e. The van der Waals surface area contributed by atoms with E-state index in [2.05, 4.69) is 26.1 Å². The largest absolute Gasteiger partial charge is 0.340 e. The van der Waals surface area contributed by atoms with E-state index in [-0.39, 0.29) is 47.4 Å². The summed E-state index contributed by atoms with van der Waals surface area (Å²) in [6.45, 7) is 10.7. The van der Waals surface area contributed by atoms with Crippen LogP contribution < -0.4 is 11.1 Å². The first-order chi connectivity index (χ1) is 16.8. The maximum absolute atomic E-state index is 13.7. The van der Waals surface area contributed by atoms with Gasteiger partial charge < -0.3 is 20.9 Å². The average Bonchev–Trinajstić information content (AvgIpc) is 3.36. The molecule has 36 heavy (non-hydrogen) atoms. The van der Waals surface area contributed by atoms with Gasteiger partial charge in [0.1, 0.15) is 12.1 Å². The number of carbonyl (C=O) groups excluding carboxylic acids is 4. The van der Waals surface area contributed by atoms with Crippen molar-refractivity contribution in [3.05, 3.63) is 35.4 Å². The van der Waals surface area contributed by atoms with E-state index in [1.165, 1.54) is 0 Å². The fraction of sp³-hybridized carbons (Fsp3) is 0.643. The van der Waals surface area contributed by atoms with Gasteiger partial charge in [-0.05, 0) is 61.1 Å². The van der Waals surface area contributed by atoms with Crippen LogP contribution in [0, 0.1) is 5.92 Å². The van der Waals surface area contributed by atoms with Gasteiger partial charge in [0.15, 0.2) is 5.78 Å². The molecule has 3 unspecified atom stereocenters. The van der Waals surface area contributed by atoms with Crippen LogP contribution in [0.5, 0.6) is 0 Å². The zero-order valence-corrected chi connectivity index (χ0v) is 22.2. The summed E-state index contributed by atoms with van der Waals surface area (Å²) in [6.07, 6.45) is 3.19. The molecule has 2 saturated heterocycles. The number of fused-ring (bicyclic) bond motifs is 1. The number of Topliss-reactive ketones (excluding diaryl/α,β-unsaturated/α-hetero) is 1. The van der Waals surface area contributed by atoms with Gasteiger partial charge in [0.2, 0.25) is 11.8 Å². The summed E-state index contributed by atoms with van der Waals surface area (Å²) >= 11 is 0. The topological polar surface area (TPSA) is 113 Å². The van der Waals surface area contributed by atoms with E-state index < -0.39 is 17.6 Å². The standard InChI is InChI=1S/C28H40N4O4/c1-17(2)15-20(30-24(34)18-7-9-19(10-8-18)27(3,4)5)25(35)31-14-11-21-23(31)22(33)16-32(21)26(36)28(29)12-6-13-28/h7-10,17,20-21,23H,6,11-16,29H2,1-5H3,(H,30,34). The lowest BCUT2D eigenvalue weighted by molar-refractivity contribution is -0.141. The number of benzene rings is 1. The number of nitrogens with zero attached hydrogens (tertiary/aromatic N) is 2. The summed E-state index contributed by atoms with van der Waals surface area (Å²) in [5.41, 5.74) is 6.98. The van der Waals surface area contributed by atoms with Crippen molar-refractivity contribution in [2.75, 3.05) is 13.1 Å². The molecule has 1 aromatic carbocycles.